The van der Waals surface area contributed by atoms with Gasteiger partial charge in [0.05, 0.1) is 4.47 Å². The number of methoxy groups -OCH3 is 1. The van der Waals surface area contributed by atoms with E-state index in [1.54, 1.807) is 0 Å². The maximum atomic E-state index is 12.9. The fourth-order valence-electron chi connectivity index (χ4n) is 0.800. The monoisotopic (exact) mass is 286 g/mol. The Hall–Kier alpha value is -0.390. The molecule has 0 atom stereocenters. The first-order chi connectivity index (χ1) is 6.57. The standard InChI is InChI=1S/C8H6BrClF2O2/c1-13-3-14-8-4(9)2-5(11)7(12)6(8)10/h2H,3H2,1H3. The van der Waals surface area contributed by atoms with Crippen molar-refractivity contribution in [2.24, 2.45) is 0 Å². The summed E-state index contributed by atoms with van der Waals surface area (Å²) in [6.07, 6.45) is 0. The maximum Gasteiger partial charge on any atom is 0.188 e. The molecule has 78 valence electrons. The normalized spacial score (nSPS) is 10.4. The molecule has 0 aromatic heterocycles. The van der Waals surface area contributed by atoms with Gasteiger partial charge in [0.25, 0.3) is 0 Å². The van der Waals surface area contributed by atoms with Gasteiger partial charge in [-0.3, -0.25) is 0 Å². The van der Waals surface area contributed by atoms with Crippen LogP contribution in [-0.2, 0) is 4.74 Å². The fourth-order valence-corrected chi connectivity index (χ4v) is 1.67. The number of rotatable bonds is 3. The molecule has 0 spiro atoms. The highest BCUT2D eigenvalue weighted by Crippen LogP contribution is 2.36. The van der Waals surface area contributed by atoms with Gasteiger partial charge in [-0.05, 0) is 22.0 Å². The SMILES string of the molecule is COCOc1c(Br)cc(F)c(F)c1Cl. The largest absolute Gasteiger partial charge is 0.465 e. The van der Waals surface area contributed by atoms with Crippen molar-refractivity contribution in [2.45, 2.75) is 0 Å². The Morgan fingerprint density at radius 3 is 2.71 bits per heavy atom. The van der Waals surface area contributed by atoms with E-state index in [9.17, 15) is 8.78 Å². The molecular formula is C8H6BrClF2O2. The summed E-state index contributed by atoms with van der Waals surface area (Å²) in [4.78, 5) is 0. The van der Waals surface area contributed by atoms with Crippen molar-refractivity contribution in [2.75, 3.05) is 13.9 Å². The van der Waals surface area contributed by atoms with Gasteiger partial charge in [-0.2, -0.15) is 0 Å². The van der Waals surface area contributed by atoms with Gasteiger partial charge in [0.2, 0.25) is 0 Å². The van der Waals surface area contributed by atoms with Crippen LogP contribution in [0.3, 0.4) is 0 Å². The quantitative estimate of drug-likeness (QED) is 0.482. The van der Waals surface area contributed by atoms with Gasteiger partial charge in [-0.25, -0.2) is 8.78 Å². The summed E-state index contributed by atoms with van der Waals surface area (Å²) >= 11 is 8.50. The van der Waals surface area contributed by atoms with Crippen LogP contribution < -0.4 is 4.74 Å². The Morgan fingerprint density at radius 2 is 2.14 bits per heavy atom. The molecule has 0 fully saturated rings. The molecule has 0 aliphatic heterocycles. The number of halogens is 4. The Morgan fingerprint density at radius 1 is 1.50 bits per heavy atom. The average molecular weight is 287 g/mol. The third kappa shape index (κ3) is 2.34. The predicted molar refractivity (Wildman–Crippen MR) is 51.6 cm³/mol. The second-order valence-electron chi connectivity index (χ2n) is 2.35. The number of hydrogen-bond donors (Lipinski definition) is 0. The Labute approximate surface area is 92.9 Å². The molecule has 0 bridgehead atoms. The van der Waals surface area contributed by atoms with Crippen LogP contribution in [0.2, 0.25) is 5.02 Å². The summed E-state index contributed by atoms with van der Waals surface area (Å²) in [5, 5.41) is -0.408. The van der Waals surface area contributed by atoms with E-state index in [-0.39, 0.29) is 17.0 Å². The van der Waals surface area contributed by atoms with Crippen molar-refractivity contribution in [1.82, 2.24) is 0 Å². The molecule has 0 aliphatic carbocycles. The van der Waals surface area contributed by atoms with E-state index in [1.165, 1.54) is 7.11 Å². The van der Waals surface area contributed by atoms with Crippen LogP contribution in [0, 0.1) is 11.6 Å². The highest BCUT2D eigenvalue weighted by molar-refractivity contribution is 9.10. The Kier molecular flexibility index (Phi) is 4.10. The first-order valence-corrected chi connectivity index (χ1v) is 4.69. The van der Waals surface area contributed by atoms with Crippen molar-refractivity contribution in [3.05, 3.63) is 27.2 Å². The molecule has 1 aromatic carbocycles. The zero-order valence-corrected chi connectivity index (χ0v) is 9.45. The number of hydrogen-bond acceptors (Lipinski definition) is 2. The maximum absolute atomic E-state index is 12.9. The van der Waals surface area contributed by atoms with Crippen LogP contribution in [0.1, 0.15) is 0 Å². The van der Waals surface area contributed by atoms with Gasteiger partial charge < -0.3 is 9.47 Å². The molecule has 0 unspecified atom stereocenters. The zero-order valence-electron chi connectivity index (χ0n) is 7.11. The van der Waals surface area contributed by atoms with Gasteiger partial charge in [0, 0.05) is 7.11 Å². The molecule has 0 N–H and O–H groups in total. The van der Waals surface area contributed by atoms with Crippen molar-refractivity contribution >= 4 is 27.5 Å². The minimum atomic E-state index is -1.14. The van der Waals surface area contributed by atoms with E-state index in [0.29, 0.717) is 0 Å². The summed E-state index contributed by atoms with van der Waals surface area (Å²) < 4.78 is 35.5. The van der Waals surface area contributed by atoms with Crippen molar-refractivity contribution in [1.29, 1.82) is 0 Å². The molecule has 6 heteroatoms. The second kappa shape index (κ2) is 4.91. The lowest BCUT2D eigenvalue weighted by Gasteiger charge is -2.09. The van der Waals surface area contributed by atoms with Crippen LogP contribution in [0.25, 0.3) is 0 Å². The molecular weight excluding hydrogens is 281 g/mol. The molecule has 0 aliphatic rings. The van der Waals surface area contributed by atoms with Crippen LogP contribution >= 0.6 is 27.5 Å². The first-order valence-electron chi connectivity index (χ1n) is 3.52. The van der Waals surface area contributed by atoms with E-state index >= 15 is 0 Å². The molecule has 0 saturated carbocycles. The lowest BCUT2D eigenvalue weighted by Crippen LogP contribution is -2.01. The fraction of sp³-hybridized carbons (Fsp3) is 0.250. The van der Waals surface area contributed by atoms with Gasteiger partial charge in [-0.15, -0.1) is 0 Å². The number of benzene rings is 1. The van der Waals surface area contributed by atoms with Crippen LogP contribution in [0.4, 0.5) is 8.78 Å². The van der Waals surface area contributed by atoms with Crippen molar-refractivity contribution in [3.8, 4) is 5.75 Å². The van der Waals surface area contributed by atoms with Crippen molar-refractivity contribution < 1.29 is 18.3 Å². The summed E-state index contributed by atoms with van der Waals surface area (Å²) in [6, 6.07) is 0.937. The second-order valence-corrected chi connectivity index (χ2v) is 3.58. The van der Waals surface area contributed by atoms with Gasteiger partial charge in [0.1, 0.15) is 5.02 Å². The third-order valence-corrected chi connectivity index (χ3v) is 2.32. The van der Waals surface area contributed by atoms with Crippen LogP contribution in [0.5, 0.6) is 5.75 Å². The minimum Gasteiger partial charge on any atom is -0.465 e. The molecule has 0 amide bonds. The zero-order chi connectivity index (χ0) is 10.7. The average Bonchev–Trinajstić information content (AvgIpc) is 2.14. The smallest absolute Gasteiger partial charge is 0.188 e. The topological polar surface area (TPSA) is 18.5 Å². The highest BCUT2D eigenvalue weighted by Gasteiger charge is 2.16. The van der Waals surface area contributed by atoms with Gasteiger partial charge in [0.15, 0.2) is 24.2 Å². The summed E-state index contributed by atoms with van der Waals surface area (Å²) in [5.41, 5.74) is 0. The lowest BCUT2D eigenvalue weighted by molar-refractivity contribution is 0.0503. The van der Waals surface area contributed by atoms with Crippen molar-refractivity contribution in [3.63, 3.8) is 0 Å². The molecule has 2 nitrogen and oxygen atoms in total. The third-order valence-electron chi connectivity index (χ3n) is 1.39. The van der Waals surface area contributed by atoms with E-state index in [2.05, 4.69) is 20.7 Å². The highest BCUT2D eigenvalue weighted by atomic mass is 79.9. The molecule has 1 aromatic rings. The van der Waals surface area contributed by atoms with Gasteiger partial charge >= 0.3 is 0 Å². The lowest BCUT2D eigenvalue weighted by atomic mass is 10.3. The van der Waals surface area contributed by atoms with E-state index in [1.807, 2.05) is 0 Å². The van der Waals surface area contributed by atoms with E-state index in [4.69, 9.17) is 16.3 Å². The summed E-state index contributed by atoms with van der Waals surface area (Å²) in [5.74, 6) is -2.15. The molecule has 0 heterocycles. The summed E-state index contributed by atoms with van der Waals surface area (Å²) in [6.45, 7) is -0.0939. The first kappa shape index (κ1) is 11.7. The molecule has 0 saturated heterocycles. The van der Waals surface area contributed by atoms with Crippen LogP contribution in [-0.4, -0.2) is 13.9 Å². The van der Waals surface area contributed by atoms with E-state index in [0.717, 1.165) is 6.07 Å². The number of ether oxygens (including phenoxy) is 2. The Balaban J connectivity index is 3.09. The van der Waals surface area contributed by atoms with Gasteiger partial charge in [-0.1, -0.05) is 11.6 Å². The minimum absolute atomic E-state index is 0.0208. The summed E-state index contributed by atoms with van der Waals surface area (Å²) in [7, 11) is 1.40. The predicted octanol–water partition coefficient (Wildman–Crippen LogP) is 3.36. The molecule has 1 rings (SSSR count). The molecule has 14 heavy (non-hydrogen) atoms. The van der Waals surface area contributed by atoms with Crippen LogP contribution in [0.15, 0.2) is 10.5 Å². The van der Waals surface area contributed by atoms with E-state index < -0.39 is 16.7 Å². The molecule has 0 radical (unpaired) electrons. The Bertz CT molecular complexity index is 347.